The SMILES string of the molecule is O=C(NCc1ccccc1)Nc1ccc2cc[nH]c2c1. The second kappa shape index (κ2) is 5.48. The molecule has 2 aromatic carbocycles. The zero-order chi connectivity index (χ0) is 13.8. The number of amides is 2. The van der Waals surface area contributed by atoms with Crippen LogP contribution in [0.25, 0.3) is 10.9 Å². The fraction of sp³-hybridized carbons (Fsp3) is 0.0625. The minimum absolute atomic E-state index is 0.209. The van der Waals surface area contributed by atoms with Gasteiger partial charge < -0.3 is 15.6 Å². The molecule has 0 aliphatic carbocycles. The Balaban J connectivity index is 1.61. The summed E-state index contributed by atoms with van der Waals surface area (Å²) in [5.74, 6) is 0. The van der Waals surface area contributed by atoms with E-state index in [0.717, 1.165) is 22.2 Å². The van der Waals surface area contributed by atoms with E-state index < -0.39 is 0 Å². The molecule has 0 fully saturated rings. The molecule has 0 aliphatic heterocycles. The van der Waals surface area contributed by atoms with Crippen LogP contribution in [0.5, 0.6) is 0 Å². The predicted octanol–water partition coefficient (Wildman–Crippen LogP) is 3.49. The molecule has 4 nitrogen and oxygen atoms in total. The van der Waals surface area contributed by atoms with Crippen molar-refractivity contribution in [3.63, 3.8) is 0 Å². The van der Waals surface area contributed by atoms with Gasteiger partial charge in [-0.15, -0.1) is 0 Å². The fourth-order valence-electron chi connectivity index (χ4n) is 2.08. The molecule has 0 bridgehead atoms. The first-order chi connectivity index (χ1) is 9.81. The summed E-state index contributed by atoms with van der Waals surface area (Å²) >= 11 is 0. The molecule has 1 aromatic heterocycles. The Labute approximate surface area is 116 Å². The van der Waals surface area contributed by atoms with Crippen molar-refractivity contribution >= 4 is 22.6 Å². The number of anilines is 1. The zero-order valence-corrected chi connectivity index (χ0v) is 10.9. The van der Waals surface area contributed by atoms with Gasteiger partial charge >= 0.3 is 6.03 Å². The third-order valence-electron chi connectivity index (χ3n) is 3.11. The summed E-state index contributed by atoms with van der Waals surface area (Å²) in [4.78, 5) is 14.9. The Kier molecular flexibility index (Phi) is 3.37. The Morgan fingerprint density at radius 2 is 1.90 bits per heavy atom. The predicted molar refractivity (Wildman–Crippen MR) is 80.6 cm³/mol. The van der Waals surface area contributed by atoms with Crippen LogP contribution < -0.4 is 10.6 Å². The third kappa shape index (κ3) is 2.80. The molecule has 100 valence electrons. The highest BCUT2D eigenvalue weighted by molar-refractivity contribution is 5.92. The topological polar surface area (TPSA) is 56.9 Å². The molecule has 2 amide bonds. The lowest BCUT2D eigenvalue weighted by Crippen LogP contribution is -2.28. The van der Waals surface area contributed by atoms with Crippen LogP contribution in [0.15, 0.2) is 60.8 Å². The average molecular weight is 265 g/mol. The third-order valence-corrected chi connectivity index (χ3v) is 3.11. The Morgan fingerprint density at radius 3 is 2.75 bits per heavy atom. The lowest BCUT2D eigenvalue weighted by molar-refractivity contribution is 0.251. The number of hydrogen-bond donors (Lipinski definition) is 3. The molecule has 0 atom stereocenters. The van der Waals surface area contributed by atoms with Crippen molar-refractivity contribution in [3.05, 3.63) is 66.4 Å². The van der Waals surface area contributed by atoms with E-state index in [-0.39, 0.29) is 6.03 Å². The summed E-state index contributed by atoms with van der Waals surface area (Å²) in [6.07, 6.45) is 1.88. The van der Waals surface area contributed by atoms with Crippen LogP contribution >= 0.6 is 0 Å². The van der Waals surface area contributed by atoms with Gasteiger partial charge in [0.05, 0.1) is 0 Å². The smallest absolute Gasteiger partial charge is 0.319 e. The first-order valence-corrected chi connectivity index (χ1v) is 6.47. The van der Waals surface area contributed by atoms with Crippen LogP contribution in [0.4, 0.5) is 10.5 Å². The zero-order valence-electron chi connectivity index (χ0n) is 10.9. The number of rotatable bonds is 3. The molecule has 0 spiro atoms. The van der Waals surface area contributed by atoms with Gasteiger partial charge in [0.1, 0.15) is 0 Å². The van der Waals surface area contributed by atoms with Crippen molar-refractivity contribution in [3.8, 4) is 0 Å². The first kappa shape index (κ1) is 12.3. The van der Waals surface area contributed by atoms with Crippen LogP contribution in [0.2, 0.25) is 0 Å². The number of benzene rings is 2. The Bertz CT molecular complexity index is 719. The summed E-state index contributed by atoms with van der Waals surface area (Å²) in [5, 5.41) is 6.78. The summed E-state index contributed by atoms with van der Waals surface area (Å²) in [7, 11) is 0. The second-order valence-electron chi connectivity index (χ2n) is 4.57. The molecule has 0 saturated carbocycles. The minimum atomic E-state index is -0.209. The van der Waals surface area contributed by atoms with Crippen LogP contribution in [0, 0.1) is 0 Å². The van der Waals surface area contributed by atoms with Crippen molar-refractivity contribution < 1.29 is 4.79 Å². The highest BCUT2D eigenvalue weighted by Gasteiger charge is 2.02. The molecule has 1 heterocycles. The van der Waals surface area contributed by atoms with Gasteiger partial charge in [0.15, 0.2) is 0 Å². The number of aromatic nitrogens is 1. The number of fused-ring (bicyclic) bond motifs is 1. The molecule has 20 heavy (non-hydrogen) atoms. The molecule has 3 aromatic rings. The highest BCUT2D eigenvalue weighted by atomic mass is 16.2. The molecule has 0 saturated heterocycles. The van der Waals surface area contributed by atoms with Crippen LogP contribution in [-0.4, -0.2) is 11.0 Å². The molecule has 3 rings (SSSR count). The van der Waals surface area contributed by atoms with E-state index in [1.54, 1.807) is 0 Å². The summed E-state index contributed by atoms with van der Waals surface area (Å²) in [5.41, 5.74) is 2.85. The van der Waals surface area contributed by atoms with Crippen molar-refractivity contribution in [1.82, 2.24) is 10.3 Å². The van der Waals surface area contributed by atoms with Crippen molar-refractivity contribution in [1.29, 1.82) is 0 Å². The first-order valence-electron chi connectivity index (χ1n) is 6.47. The highest BCUT2D eigenvalue weighted by Crippen LogP contribution is 2.17. The maximum Gasteiger partial charge on any atom is 0.319 e. The van der Waals surface area contributed by atoms with E-state index >= 15 is 0 Å². The fourth-order valence-corrected chi connectivity index (χ4v) is 2.08. The van der Waals surface area contributed by atoms with Gasteiger partial charge in [-0.3, -0.25) is 0 Å². The summed E-state index contributed by atoms with van der Waals surface area (Å²) in [6.45, 7) is 0.511. The van der Waals surface area contributed by atoms with Gasteiger partial charge in [-0.1, -0.05) is 36.4 Å². The van der Waals surface area contributed by atoms with Gasteiger partial charge in [0.25, 0.3) is 0 Å². The van der Waals surface area contributed by atoms with E-state index in [9.17, 15) is 4.79 Å². The Morgan fingerprint density at radius 1 is 1.05 bits per heavy atom. The monoisotopic (exact) mass is 265 g/mol. The lowest BCUT2D eigenvalue weighted by Gasteiger charge is -2.07. The van der Waals surface area contributed by atoms with Gasteiger partial charge in [-0.2, -0.15) is 0 Å². The maximum atomic E-state index is 11.8. The summed E-state index contributed by atoms with van der Waals surface area (Å²) < 4.78 is 0. The van der Waals surface area contributed by atoms with Gasteiger partial charge in [-0.05, 0) is 29.1 Å². The number of aromatic amines is 1. The molecule has 0 radical (unpaired) electrons. The van der Waals surface area contributed by atoms with Crippen LogP contribution in [0.3, 0.4) is 0 Å². The van der Waals surface area contributed by atoms with E-state index in [4.69, 9.17) is 0 Å². The standard InChI is InChI=1S/C16H15N3O/c20-16(18-11-12-4-2-1-3-5-12)19-14-7-6-13-8-9-17-15(13)10-14/h1-10,17H,11H2,(H2,18,19,20). The van der Waals surface area contributed by atoms with E-state index in [1.165, 1.54) is 0 Å². The summed E-state index contributed by atoms with van der Waals surface area (Å²) in [6, 6.07) is 17.4. The molecule has 0 unspecified atom stereocenters. The van der Waals surface area contributed by atoms with E-state index in [1.807, 2.05) is 60.8 Å². The van der Waals surface area contributed by atoms with Crippen molar-refractivity contribution in [2.24, 2.45) is 0 Å². The molecule has 0 aliphatic rings. The molecule has 3 N–H and O–H groups in total. The molecular weight excluding hydrogens is 250 g/mol. The van der Waals surface area contributed by atoms with E-state index in [2.05, 4.69) is 15.6 Å². The van der Waals surface area contributed by atoms with Gasteiger partial charge in [0, 0.05) is 23.9 Å². The van der Waals surface area contributed by atoms with Crippen LogP contribution in [-0.2, 0) is 6.54 Å². The molecular formula is C16H15N3O. The van der Waals surface area contributed by atoms with Gasteiger partial charge in [0.2, 0.25) is 0 Å². The molecule has 4 heteroatoms. The Hall–Kier alpha value is -2.75. The number of carbonyl (C=O) groups is 1. The number of nitrogens with one attached hydrogen (secondary N) is 3. The second-order valence-corrected chi connectivity index (χ2v) is 4.57. The number of H-pyrrole nitrogens is 1. The van der Waals surface area contributed by atoms with Gasteiger partial charge in [-0.25, -0.2) is 4.79 Å². The normalized spacial score (nSPS) is 10.4. The minimum Gasteiger partial charge on any atom is -0.361 e. The van der Waals surface area contributed by atoms with Crippen molar-refractivity contribution in [2.45, 2.75) is 6.54 Å². The quantitative estimate of drug-likeness (QED) is 0.667. The van der Waals surface area contributed by atoms with E-state index in [0.29, 0.717) is 6.54 Å². The van der Waals surface area contributed by atoms with Crippen molar-refractivity contribution in [2.75, 3.05) is 5.32 Å². The number of urea groups is 1. The average Bonchev–Trinajstić information content (AvgIpc) is 2.94. The largest absolute Gasteiger partial charge is 0.361 e. The van der Waals surface area contributed by atoms with Crippen LogP contribution in [0.1, 0.15) is 5.56 Å². The number of carbonyl (C=O) groups excluding carboxylic acids is 1. The maximum absolute atomic E-state index is 11.8. The number of hydrogen-bond acceptors (Lipinski definition) is 1. The lowest BCUT2D eigenvalue weighted by atomic mass is 10.2.